The van der Waals surface area contributed by atoms with E-state index in [1.54, 1.807) is 12.3 Å². The maximum absolute atomic E-state index is 13.4. The summed E-state index contributed by atoms with van der Waals surface area (Å²) in [6, 6.07) is 7.73. The zero-order valence-corrected chi connectivity index (χ0v) is 17.3. The Bertz CT molecular complexity index is 1100. The van der Waals surface area contributed by atoms with Gasteiger partial charge in [0.2, 0.25) is 0 Å². The molecule has 31 heavy (non-hydrogen) atoms. The average molecular weight is 425 g/mol. The number of piperidine rings is 1. The van der Waals surface area contributed by atoms with Gasteiger partial charge in [0.05, 0.1) is 16.9 Å². The van der Waals surface area contributed by atoms with Crippen LogP contribution in [0.4, 0.5) is 8.78 Å². The fourth-order valence-electron chi connectivity index (χ4n) is 4.44. The lowest BCUT2D eigenvalue weighted by Crippen LogP contribution is -2.42. The van der Waals surface area contributed by atoms with Crippen LogP contribution in [0.3, 0.4) is 0 Å². The lowest BCUT2D eigenvalue weighted by Gasteiger charge is -2.31. The molecule has 2 aliphatic rings. The smallest absolute Gasteiger partial charge is 0.255 e. The van der Waals surface area contributed by atoms with E-state index in [0.29, 0.717) is 5.56 Å². The van der Waals surface area contributed by atoms with Gasteiger partial charge in [0.1, 0.15) is 5.65 Å². The van der Waals surface area contributed by atoms with Crippen molar-refractivity contribution >= 4 is 16.9 Å². The zero-order valence-electron chi connectivity index (χ0n) is 17.3. The Morgan fingerprint density at radius 2 is 1.81 bits per heavy atom. The van der Waals surface area contributed by atoms with E-state index in [9.17, 15) is 13.6 Å². The monoisotopic (exact) mass is 425 g/mol. The van der Waals surface area contributed by atoms with E-state index >= 15 is 0 Å². The van der Waals surface area contributed by atoms with Crippen LogP contribution in [0, 0.1) is 0 Å². The van der Waals surface area contributed by atoms with Crippen LogP contribution in [0.25, 0.3) is 16.7 Å². The first-order valence-electron chi connectivity index (χ1n) is 10.8. The summed E-state index contributed by atoms with van der Waals surface area (Å²) >= 11 is 0. The summed E-state index contributed by atoms with van der Waals surface area (Å²) in [7, 11) is 0. The van der Waals surface area contributed by atoms with Gasteiger partial charge in [0.15, 0.2) is 0 Å². The molecule has 6 nitrogen and oxygen atoms in total. The van der Waals surface area contributed by atoms with Gasteiger partial charge in [-0.25, -0.2) is 13.8 Å². The minimum atomic E-state index is -2.67. The van der Waals surface area contributed by atoms with Crippen molar-refractivity contribution in [1.29, 1.82) is 0 Å². The molecule has 2 aliphatic heterocycles. The topological polar surface area (TPSA) is 54.3 Å². The highest BCUT2D eigenvalue weighted by Crippen LogP contribution is 2.29. The maximum atomic E-state index is 13.4. The van der Waals surface area contributed by atoms with Gasteiger partial charge in [-0.3, -0.25) is 14.7 Å². The van der Waals surface area contributed by atoms with Gasteiger partial charge >= 0.3 is 0 Å². The molecule has 0 N–H and O–H groups in total. The standard InChI is InChI=1S/C23H25F2N5O/c24-23(25)5-11-29(12-6-23)22(31)18-13-17-4-10-30(21(17)27-15-18)20-3-7-26-19(14-20)16-28-8-1-2-9-28/h3-4,7,10,13-15H,1-2,5-6,8-9,11-12,16H2. The lowest BCUT2D eigenvalue weighted by atomic mass is 10.1. The van der Waals surface area contributed by atoms with Crippen LogP contribution < -0.4 is 0 Å². The Morgan fingerprint density at radius 1 is 1.03 bits per heavy atom. The molecule has 1 amide bonds. The zero-order chi connectivity index (χ0) is 21.4. The summed E-state index contributed by atoms with van der Waals surface area (Å²) in [6.45, 7) is 3.22. The van der Waals surface area contributed by atoms with Crippen molar-refractivity contribution in [3.05, 3.63) is 54.1 Å². The van der Waals surface area contributed by atoms with Crippen LogP contribution in [-0.2, 0) is 6.54 Å². The molecule has 162 valence electrons. The molecule has 0 spiro atoms. The minimum absolute atomic E-state index is 0.0711. The summed E-state index contributed by atoms with van der Waals surface area (Å²) in [5.41, 5.74) is 3.18. The van der Waals surface area contributed by atoms with Crippen LogP contribution in [0.1, 0.15) is 41.7 Å². The van der Waals surface area contributed by atoms with Crippen LogP contribution in [0.2, 0.25) is 0 Å². The first kappa shape index (κ1) is 20.1. The predicted molar refractivity (Wildman–Crippen MR) is 113 cm³/mol. The molecule has 0 radical (unpaired) electrons. The molecule has 0 bridgehead atoms. The van der Waals surface area contributed by atoms with E-state index in [4.69, 9.17) is 0 Å². The summed E-state index contributed by atoms with van der Waals surface area (Å²) in [6.07, 6.45) is 7.21. The van der Waals surface area contributed by atoms with Crippen molar-refractivity contribution in [2.75, 3.05) is 26.2 Å². The molecule has 0 atom stereocenters. The number of hydrogen-bond acceptors (Lipinski definition) is 4. The van der Waals surface area contributed by atoms with Crippen LogP contribution >= 0.6 is 0 Å². The SMILES string of the molecule is O=C(c1cnc2c(ccn2-c2ccnc(CN3CCCC3)c2)c1)N1CCC(F)(F)CC1. The van der Waals surface area contributed by atoms with Gasteiger partial charge < -0.3 is 9.47 Å². The van der Waals surface area contributed by atoms with Gasteiger partial charge in [-0.1, -0.05) is 0 Å². The highest BCUT2D eigenvalue weighted by molar-refractivity contribution is 5.97. The molecular formula is C23H25F2N5O. The lowest BCUT2D eigenvalue weighted by molar-refractivity contribution is -0.0494. The van der Waals surface area contributed by atoms with Crippen molar-refractivity contribution in [1.82, 2.24) is 24.3 Å². The van der Waals surface area contributed by atoms with Gasteiger partial charge in [-0.2, -0.15) is 0 Å². The first-order valence-corrected chi connectivity index (χ1v) is 10.8. The average Bonchev–Trinajstić information content (AvgIpc) is 3.43. The number of carbonyl (C=O) groups excluding carboxylic acids is 1. The number of likely N-dealkylation sites (tertiary alicyclic amines) is 2. The summed E-state index contributed by atoms with van der Waals surface area (Å²) in [5, 5.41) is 0.839. The molecule has 0 unspecified atom stereocenters. The van der Waals surface area contributed by atoms with Crippen LogP contribution in [0.5, 0.6) is 0 Å². The number of carbonyl (C=O) groups is 1. The Hall–Kier alpha value is -2.87. The molecule has 8 heteroatoms. The number of halogens is 2. The van der Waals surface area contributed by atoms with Crippen molar-refractivity contribution in [2.45, 2.75) is 38.2 Å². The number of fused-ring (bicyclic) bond motifs is 1. The van der Waals surface area contributed by atoms with E-state index in [0.717, 1.165) is 42.0 Å². The summed E-state index contributed by atoms with van der Waals surface area (Å²) < 4.78 is 28.8. The van der Waals surface area contributed by atoms with E-state index in [2.05, 4.69) is 20.9 Å². The van der Waals surface area contributed by atoms with Crippen molar-refractivity contribution < 1.29 is 13.6 Å². The van der Waals surface area contributed by atoms with Crippen molar-refractivity contribution in [2.24, 2.45) is 0 Å². The van der Waals surface area contributed by atoms with Crippen LogP contribution in [-0.4, -0.2) is 62.3 Å². The normalized spacial score (nSPS) is 19.2. The molecule has 2 saturated heterocycles. The second kappa shape index (κ2) is 8.00. The molecule has 5 heterocycles. The van der Waals surface area contributed by atoms with Crippen LogP contribution in [0.15, 0.2) is 42.9 Å². The fraction of sp³-hybridized carbons (Fsp3) is 0.435. The highest BCUT2D eigenvalue weighted by Gasteiger charge is 2.35. The predicted octanol–water partition coefficient (Wildman–Crippen LogP) is 3.89. The maximum Gasteiger partial charge on any atom is 0.255 e. The van der Waals surface area contributed by atoms with E-state index in [1.165, 1.54) is 17.7 Å². The molecule has 3 aromatic heterocycles. The van der Waals surface area contributed by atoms with E-state index in [-0.39, 0.29) is 31.8 Å². The summed E-state index contributed by atoms with van der Waals surface area (Å²) in [5.74, 6) is -2.91. The first-order chi connectivity index (χ1) is 15.0. The molecule has 0 aliphatic carbocycles. The van der Waals surface area contributed by atoms with Crippen molar-refractivity contribution in [3.63, 3.8) is 0 Å². The van der Waals surface area contributed by atoms with Gasteiger partial charge in [0, 0.05) is 56.5 Å². The number of nitrogens with zero attached hydrogens (tertiary/aromatic N) is 5. The van der Waals surface area contributed by atoms with Gasteiger partial charge in [-0.15, -0.1) is 0 Å². The third-order valence-corrected chi connectivity index (χ3v) is 6.22. The summed E-state index contributed by atoms with van der Waals surface area (Å²) in [4.78, 5) is 25.7. The Morgan fingerprint density at radius 3 is 2.58 bits per heavy atom. The molecule has 0 aromatic carbocycles. The number of aromatic nitrogens is 3. The Labute approximate surface area is 179 Å². The molecule has 5 rings (SSSR count). The Kier molecular flexibility index (Phi) is 5.17. The third kappa shape index (κ3) is 4.17. The minimum Gasteiger partial charge on any atom is -0.338 e. The number of amides is 1. The second-order valence-corrected chi connectivity index (χ2v) is 8.46. The Balaban J connectivity index is 1.37. The molecule has 0 saturated carbocycles. The number of hydrogen-bond donors (Lipinski definition) is 0. The fourth-order valence-corrected chi connectivity index (χ4v) is 4.44. The highest BCUT2D eigenvalue weighted by atomic mass is 19.3. The number of pyridine rings is 2. The molecule has 2 fully saturated rings. The largest absolute Gasteiger partial charge is 0.338 e. The van der Waals surface area contributed by atoms with Gasteiger partial charge in [0.25, 0.3) is 11.8 Å². The number of rotatable bonds is 4. The quantitative estimate of drug-likeness (QED) is 0.637. The number of alkyl halides is 2. The van der Waals surface area contributed by atoms with E-state index in [1.807, 2.05) is 29.1 Å². The van der Waals surface area contributed by atoms with E-state index < -0.39 is 5.92 Å². The van der Waals surface area contributed by atoms with Gasteiger partial charge in [-0.05, 0) is 50.2 Å². The third-order valence-electron chi connectivity index (χ3n) is 6.22. The second-order valence-electron chi connectivity index (χ2n) is 8.46. The molecular weight excluding hydrogens is 400 g/mol. The molecule has 3 aromatic rings. The van der Waals surface area contributed by atoms with Crippen molar-refractivity contribution in [3.8, 4) is 5.69 Å².